The number of rotatable bonds is 4. The Hall–Kier alpha value is -1.50. The van der Waals surface area contributed by atoms with E-state index in [1.54, 1.807) is 0 Å². The van der Waals surface area contributed by atoms with Gasteiger partial charge in [-0.25, -0.2) is 5.43 Å². The predicted octanol–water partition coefficient (Wildman–Crippen LogP) is 0.617. The van der Waals surface area contributed by atoms with Gasteiger partial charge >= 0.3 is 0 Å². The molecule has 126 valence electrons. The van der Waals surface area contributed by atoms with Crippen molar-refractivity contribution in [2.45, 2.75) is 38.9 Å². The van der Waals surface area contributed by atoms with Crippen molar-refractivity contribution in [3.05, 3.63) is 30.1 Å². The molecule has 23 heavy (non-hydrogen) atoms. The Balaban J connectivity index is 1.46. The molecule has 1 aromatic rings. The van der Waals surface area contributed by atoms with E-state index in [-0.39, 0.29) is 11.9 Å². The number of hydrogen-bond donors (Lipinski definition) is 2. The summed E-state index contributed by atoms with van der Waals surface area (Å²) in [5.74, 6) is 0.772. The van der Waals surface area contributed by atoms with Crippen molar-refractivity contribution < 1.29 is 4.79 Å². The number of nitrogens with zero attached hydrogens (tertiary/aromatic N) is 3. The number of hydrazine groups is 1. The SMILES string of the molecule is CC(C)C1CC(C(=O)N2CCN(Cc3ccccn3)CC2)NN1. The zero-order chi connectivity index (χ0) is 16.2. The molecule has 2 atom stereocenters. The zero-order valence-corrected chi connectivity index (χ0v) is 14.0. The van der Waals surface area contributed by atoms with Gasteiger partial charge < -0.3 is 4.90 Å². The third-order valence-electron chi connectivity index (χ3n) is 4.83. The van der Waals surface area contributed by atoms with Crippen LogP contribution in [0.5, 0.6) is 0 Å². The Kier molecular flexibility index (Phi) is 5.25. The summed E-state index contributed by atoms with van der Waals surface area (Å²) in [4.78, 5) is 21.4. The minimum Gasteiger partial charge on any atom is -0.339 e. The Morgan fingerprint density at radius 1 is 1.26 bits per heavy atom. The Bertz CT molecular complexity index is 513. The molecule has 2 aliphatic rings. The quantitative estimate of drug-likeness (QED) is 0.852. The lowest BCUT2D eigenvalue weighted by Crippen LogP contribution is -2.53. The van der Waals surface area contributed by atoms with Crippen LogP contribution >= 0.6 is 0 Å². The van der Waals surface area contributed by atoms with E-state index in [0.29, 0.717) is 12.0 Å². The summed E-state index contributed by atoms with van der Waals surface area (Å²) in [7, 11) is 0. The van der Waals surface area contributed by atoms with Gasteiger partial charge in [0.15, 0.2) is 0 Å². The molecular weight excluding hydrogens is 290 g/mol. The molecule has 2 unspecified atom stereocenters. The van der Waals surface area contributed by atoms with Gasteiger partial charge in [0.25, 0.3) is 0 Å². The number of amides is 1. The Morgan fingerprint density at radius 3 is 2.65 bits per heavy atom. The van der Waals surface area contributed by atoms with Crippen molar-refractivity contribution in [3.8, 4) is 0 Å². The monoisotopic (exact) mass is 317 g/mol. The van der Waals surface area contributed by atoms with Crippen LogP contribution in [0.15, 0.2) is 24.4 Å². The molecule has 1 amide bonds. The number of nitrogens with one attached hydrogen (secondary N) is 2. The van der Waals surface area contributed by atoms with Crippen molar-refractivity contribution in [2.24, 2.45) is 5.92 Å². The number of piperazine rings is 1. The van der Waals surface area contributed by atoms with Gasteiger partial charge in [-0.05, 0) is 24.5 Å². The second-order valence-corrected chi connectivity index (χ2v) is 6.85. The molecule has 0 aliphatic carbocycles. The van der Waals surface area contributed by atoms with Crippen LogP contribution in [-0.2, 0) is 11.3 Å². The van der Waals surface area contributed by atoms with Crippen LogP contribution in [0, 0.1) is 5.92 Å². The van der Waals surface area contributed by atoms with Crippen LogP contribution in [0.4, 0.5) is 0 Å². The lowest BCUT2D eigenvalue weighted by atomic mass is 9.99. The van der Waals surface area contributed by atoms with Gasteiger partial charge in [-0.3, -0.25) is 20.1 Å². The van der Waals surface area contributed by atoms with E-state index < -0.39 is 0 Å². The van der Waals surface area contributed by atoms with E-state index >= 15 is 0 Å². The molecule has 2 fully saturated rings. The topological polar surface area (TPSA) is 60.5 Å². The van der Waals surface area contributed by atoms with Crippen molar-refractivity contribution in [1.82, 2.24) is 25.6 Å². The summed E-state index contributed by atoms with van der Waals surface area (Å²) < 4.78 is 0. The summed E-state index contributed by atoms with van der Waals surface area (Å²) in [6.45, 7) is 8.66. The standard InChI is InChI=1S/C17H27N5O/c1-13(2)15-11-16(20-19-15)17(23)22-9-7-21(8-10-22)12-14-5-3-4-6-18-14/h3-6,13,15-16,19-20H,7-12H2,1-2H3. The smallest absolute Gasteiger partial charge is 0.241 e. The third-order valence-corrected chi connectivity index (χ3v) is 4.83. The molecule has 3 heterocycles. The van der Waals surface area contributed by atoms with Crippen molar-refractivity contribution >= 4 is 5.91 Å². The second-order valence-electron chi connectivity index (χ2n) is 6.85. The van der Waals surface area contributed by atoms with Crippen molar-refractivity contribution in [2.75, 3.05) is 26.2 Å². The molecule has 0 aromatic carbocycles. The molecule has 6 heteroatoms. The number of carbonyl (C=O) groups excluding carboxylic acids is 1. The number of hydrogen-bond acceptors (Lipinski definition) is 5. The molecule has 0 bridgehead atoms. The first-order valence-electron chi connectivity index (χ1n) is 8.55. The molecule has 0 radical (unpaired) electrons. The molecule has 2 saturated heterocycles. The molecule has 1 aromatic heterocycles. The van der Waals surface area contributed by atoms with Gasteiger partial charge in [0.1, 0.15) is 6.04 Å². The first-order valence-corrected chi connectivity index (χ1v) is 8.55. The average molecular weight is 317 g/mol. The van der Waals surface area contributed by atoms with Gasteiger partial charge in [-0.15, -0.1) is 0 Å². The van der Waals surface area contributed by atoms with E-state index in [1.165, 1.54) is 0 Å². The fourth-order valence-electron chi connectivity index (χ4n) is 3.25. The molecule has 3 rings (SSSR count). The number of pyridine rings is 1. The van der Waals surface area contributed by atoms with E-state index in [4.69, 9.17) is 0 Å². The predicted molar refractivity (Wildman–Crippen MR) is 89.4 cm³/mol. The maximum atomic E-state index is 12.6. The zero-order valence-electron chi connectivity index (χ0n) is 14.0. The number of aromatic nitrogens is 1. The maximum absolute atomic E-state index is 12.6. The van der Waals surface area contributed by atoms with Crippen LogP contribution < -0.4 is 10.9 Å². The molecule has 0 saturated carbocycles. The second kappa shape index (κ2) is 7.38. The van der Waals surface area contributed by atoms with Crippen LogP contribution in [-0.4, -0.2) is 59.0 Å². The summed E-state index contributed by atoms with van der Waals surface area (Å²) in [5, 5.41) is 0. The lowest BCUT2D eigenvalue weighted by molar-refractivity contribution is -0.135. The van der Waals surface area contributed by atoms with Crippen molar-refractivity contribution in [3.63, 3.8) is 0 Å². The first kappa shape index (κ1) is 16.4. The first-order chi connectivity index (χ1) is 11.1. The molecule has 0 spiro atoms. The van der Waals surface area contributed by atoms with E-state index in [1.807, 2.05) is 23.2 Å². The minimum atomic E-state index is -0.0789. The highest BCUT2D eigenvalue weighted by molar-refractivity contribution is 5.82. The third kappa shape index (κ3) is 4.07. The summed E-state index contributed by atoms with van der Waals surface area (Å²) in [6, 6.07) is 6.32. The maximum Gasteiger partial charge on any atom is 0.241 e. The van der Waals surface area contributed by atoms with Crippen molar-refractivity contribution in [1.29, 1.82) is 0 Å². The Morgan fingerprint density at radius 2 is 2.04 bits per heavy atom. The summed E-state index contributed by atoms with van der Waals surface area (Å²) in [5.41, 5.74) is 7.51. The van der Waals surface area contributed by atoms with Gasteiger partial charge in [-0.2, -0.15) is 0 Å². The van der Waals surface area contributed by atoms with Gasteiger partial charge in [0, 0.05) is 45.0 Å². The largest absolute Gasteiger partial charge is 0.339 e. The van der Waals surface area contributed by atoms with Crippen LogP contribution in [0.1, 0.15) is 26.0 Å². The summed E-state index contributed by atoms with van der Waals surface area (Å²) >= 11 is 0. The highest BCUT2D eigenvalue weighted by Crippen LogP contribution is 2.16. The van der Waals surface area contributed by atoms with Gasteiger partial charge in [0.05, 0.1) is 5.69 Å². The van der Waals surface area contributed by atoms with Gasteiger partial charge in [0.2, 0.25) is 5.91 Å². The van der Waals surface area contributed by atoms with Crippen LogP contribution in [0.2, 0.25) is 0 Å². The fourth-order valence-corrected chi connectivity index (χ4v) is 3.25. The van der Waals surface area contributed by atoms with E-state index in [2.05, 4.69) is 40.6 Å². The minimum absolute atomic E-state index is 0.0789. The van der Waals surface area contributed by atoms with E-state index in [0.717, 1.165) is 44.8 Å². The fraction of sp³-hybridized carbons (Fsp3) is 0.647. The Labute approximate surface area is 138 Å². The van der Waals surface area contributed by atoms with Gasteiger partial charge in [-0.1, -0.05) is 19.9 Å². The molecule has 2 aliphatic heterocycles. The van der Waals surface area contributed by atoms with Crippen LogP contribution in [0.25, 0.3) is 0 Å². The molecular formula is C17H27N5O. The highest BCUT2D eigenvalue weighted by Gasteiger charge is 2.34. The normalized spacial score (nSPS) is 26.0. The number of carbonyl (C=O) groups is 1. The van der Waals surface area contributed by atoms with Crippen LogP contribution in [0.3, 0.4) is 0 Å². The lowest BCUT2D eigenvalue weighted by Gasteiger charge is -2.35. The molecule has 6 nitrogen and oxygen atoms in total. The summed E-state index contributed by atoms with van der Waals surface area (Å²) in [6.07, 6.45) is 2.71. The average Bonchev–Trinajstić information content (AvgIpc) is 3.06. The van der Waals surface area contributed by atoms with E-state index in [9.17, 15) is 4.79 Å². The highest BCUT2D eigenvalue weighted by atomic mass is 16.2. The molecule has 2 N–H and O–H groups in total.